The van der Waals surface area contributed by atoms with Gasteiger partial charge in [0.2, 0.25) is 0 Å². The molecule has 3 aromatic rings. The molecule has 0 atom stereocenters. The molecule has 0 fully saturated rings. The van der Waals surface area contributed by atoms with Gasteiger partial charge in [-0.05, 0) is 48.4 Å². The molecule has 5 nitrogen and oxygen atoms in total. The Labute approximate surface area is 146 Å². The molecule has 0 spiro atoms. The maximum Gasteiger partial charge on any atom is 0.256 e. The maximum absolute atomic E-state index is 12.7. The van der Waals surface area contributed by atoms with E-state index < -0.39 is 0 Å². The van der Waals surface area contributed by atoms with E-state index in [2.05, 4.69) is 15.3 Å². The van der Waals surface area contributed by atoms with Gasteiger partial charge < -0.3 is 10.1 Å². The highest BCUT2D eigenvalue weighted by molar-refractivity contribution is 6.05. The zero-order valence-electron chi connectivity index (χ0n) is 14.2. The van der Waals surface area contributed by atoms with Gasteiger partial charge in [0.15, 0.2) is 0 Å². The van der Waals surface area contributed by atoms with Crippen LogP contribution in [0.4, 0.5) is 5.82 Å². The van der Waals surface area contributed by atoms with E-state index in [4.69, 9.17) is 4.74 Å². The van der Waals surface area contributed by atoms with Gasteiger partial charge in [0.1, 0.15) is 11.6 Å². The Morgan fingerprint density at radius 2 is 1.92 bits per heavy atom. The summed E-state index contributed by atoms with van der Waals surface area (Å²) in [7, 11) is 1.60. The molecule has 0 aliphatic carbocycles. The molecular weight excluding hydrogens is 314 g/mol. The molecule has 2 heterocycles. The van der Waals surface area contributed by atoms with Crippen molar-refractivity contribution in [2.45, 2.75) is 13.3 Å². The lowest BCUT2D eigenvalue weighted by Crippen LogP contribution is -2.14. The van der Waals surface area contributed by atoms with E-state index in [1.54, 1.807) is 37.7 Å². The molecule has 0 radical (unpaired) electrons. The van der Waals surface area contributed by atoms with Crippen LogP contribution in [0, 0.1) is 0 Å². The fourth-order valence-corrected chi connectivity index (χ4v) is 2.59. The molecule has 2 aromatic heterocycles. The summed E-state index contributed by atoms with van der Waals surface area (Å²) in [6, 6.07) is 14.7. The van der Waals surface area contributed by atoms with E-state index in [1.807, 2.05) is 37.3 Å². The molecule has 0 aliphatic rings. The number of aromatic nitrogens is 2. The van der Waals surface area contributed by atoms with Crippen molar-refractivity contribution in [1.29, 1.82) is 0 Å². The van der Waals surface area contributed by atoms with Crippen molar-refractivity contribution in [2.75, 3.05) is 12.4 Å². The van der Waals surface area contributed by atoms with Crippen LogP contribution in [-0.4, -0.2) is 23.0 Å². The molecule has 0 unspecified atom stereocenters. The predicted molar refractivity (Wildman–Crippen MR) is 97.8 cm³/mol. The number of aryl methyl sites for hydroxylation is 1. The van der Waals surface area contributed by atoms with Crippen LogP contribution in [0.25, 0.3) is 11.3 Å². The second-order valence-electron chi connectivity index (χ2n) is 5.45. The number of carbonyl (C=O) groups is 1. The van der Waals surface area contributed by atoms with Crippen molar-refractivity contribution in [3.8, 4) is 17.0 Å². The van der Waals surface area contributed by atoms with Gasteiger partial charge in [-0.1, -0.05) is 19.1 Å². The topological polar surface area (TPSA) is 64.1 Å². The highest BCUT2D eigenvalue weighted by Gasteiger charge is 2.14. The number of hydrogen-bond acceptors (Lipinski definition) is 4. The van der Waals surface area contributed by atoms with Crippen molar-refractivity contribution < 1.29 is 9.53 Å². The van der Waals surface area contributed by atoms with Gasteiger partial charge in [-0.15, -0.1) is 0 Å². The van der Waals surface area contributed by atoms with Gasteiger partial charge in [-0.2, -0.15) is 0 Å². The average Bonchev–Trinajstić information content (AvgIpc) is 2.68. The molecule has 1 amide bonds. The standard InChI is InChI=1S/C20H19N3O2/c1-3-14-7-6-12-22-19(14)23-20(24)15-9-10-18(25-2)16(13-15)17-8-4-5-11-21-17/h4-13H,3H2,1-2H3,(H,22,23,24). The number of methoxy groups -OCH3 is 1. The first-order valence-corrected chi connectivity index (χ1v) is 8.07. The smallest absolute Gasteiger partial charge is 0.256 e. The monoisotopic (exact) mass is 333 g/mol. The van der Waals surface area contributed by atoms with Crippen molar-refractivity contribution >= 4 is 11.7 Å². The lowest BCUT2D eigenvalue weighted by atomic mass is 10.1. The Bertz CT molecular complexity index is 879. The Hall–Kier alpha value is -3.21. The summed E-state index contributed by atoms with van der Waals surface area (Å²) >= 11 is 0. The Kier molecular flexibility index (Phi) is 5.04. The average molecular weight is 333 g/mol. The highest BCUT2D eigenvalue weighted by atomic mass is 16.5. The number of ether oxygens (including phenoxy) is 1. The number of rotatable bonds is 5. The van der Waals surface area contributed by atoms with E-state index >= 15 is 0 Å². The molecule has 0 bridgehead atoms. The third-order valence-electron chi connectivity index (χ3n) is 3.91. The third kappa shape index (κ3) is 3.66. The molecule has 1 N–H and O–H groups in total. The van der Waals surface area contributed by atoms with Gasteiger partial charge in [0.25, 0.3) is 5.91 Å². The molecular formula is C20H19N3O2. The summed E-state index contributed by atoms with van der Waals surface area (Å²) in [4.78, 5) is 21.3. The molecule has 25 heavy (non-hydrogen) atoms. The van der Waals surface area contributed by atoms with Crippen LogP contribution in [0.1, 0.15) is 22.8 Å². The van der Waals surface area contributed by atoms with Crippen LogP contribution in [0.2, 0.25) is 0 Å². The number of amides is 1. The fourth-order valence-electron chi connectivity index (χ4n) is 2.59. The van der Waals surface area contributed by atoms with Gasteiger partial charge >= 0.3 is 0 Å². The van der Waals surface area contributed by atoms with Gasteiger partial charge in [0, 0.05) is 23.5 Å². The summed E-state index contributed by atoms with van der Waals surface area (Å²) in [5.74, 6) is 1.04. The lowest BCUT2D eigenvalue weighted by molar-refractivity contribution is 0.102. The highest BCUT2D eigenvalue weighted by Crippen LogP contribution is 2.29. The summed E-state index contributed by atoms with van der Waals surface area (Å²) < 4.78 is 5.41. The number of pyridine rings is 2. The van der Waals surface area contributed by atoms with Crippen LogP contribution in [0.5, 0.6) is 5.75 Å². The van der Waals surface area contributed by atoms with Crippen LogP contribution in [-0.2, 0) is 6.42 Å². The molecule has 3 rings (SSSR count). The van der Waals surface area contributed by atoms with E-state index in [9.17, 15) is 4.79 Å². The summed E-state index contributed by atoms with van der Waals surface area (Å²) in [5, 5.41) is 2.88. The van der Waals surface area contributed by atoms with E-state index in [1.165, 1.54) is 0 Å². The number of anilines is 1. The number of nitrogens with one attached hydrogen (secondary N) is 1. The number of nitrogens with zero attached hydrogens (tertiary/aromatic N) is 2. The Balaban J connectivity index is 1.93. The largest absolute Gasteiger partial charge is 0.496 e. The third-order valence-corrected chi connectivity index (χ3v) is 3.91. The first kappa shape index (κ1) is 16.6. The summed E-state index contributed by atoms with van der Waals surface area (Å²) in [6.07, 6.45) is 4.18. The van der Waals surface area contributed by atoms with Crippen molar-refractivity contribution in [1.82, 2.24) is 9.97 Å². The summed E-state index contributed by atoms with van der Waals surface area (Å²) in [6.45, 7) is 2.03. The molecule has 126 valence electrons. The minimum Gasteiger partial charge on any atom is -0.496 e. The van der Waals surface area contributed by atoms with E-state index in [-0.39, 0.29) is 5.91 Å². The molecule has 0 aliphatic heterocycles. The molecule has 0 saturated heterocycles. The first-order chi connectivity index (χ1) is 12.2. The first-order valence-electron chi connectivity index (χ1n) is 8.07. The van der Waals surface area contributed by atoms with Gasteiger partial charge in [0.05, 0.1) is 12.8 Å². The molecule has 0 saturated carbocycles. The Morgan fingerprint density at radius 1 is 1.08 bits per heavy atom. The van der Waals surface area contributed by atoms with Crippen LogP contribution >= 0.6 is 0 Å². The zero-order valence-corrected chi connectivity index (χ0v) is 14.2. The molecule has 5 heteroatoms. The van der Waals surface area contributed by atoms with Crippen LogP contribution in [0.3, 0.4) is 0 Å². The van der Waals surface area contributed by atoms with E-state index in [0.29, 0.717) is 17.1 Å². The zero-order chi connectivity index (χ0) is 17.6. The van der Waals surface area contributed by atoms with Crippen LogP contribution in [0.15, 0.2) is 60.9 Å². The van der Waals surface area contributed by atoms with E-state index in [0.717, 1.165) is 23.2 Å². The fraction of sp³-hybridized carbons (Fsp3) is 0.150. The lowest BCUT2D eigenvalue weighted by Gasteiger charge is -2.12. The van der Waals surface area contributed by atoms with Gasteiger partial charge in [-0.3, -0.25) is 9.78 Å². The second-order valence-corrected chi connectivity index (χ2v) is 5.45. The normalized spacial score (nSPS) is 10.3. The van der Waals surface area contributed by atoms with Crippen LogP contribution < -0.4 is 10.1 Å². The Morgan fingerprint density at radius 3 is 2.64 bits per heavy atom. The van der Waals surface area contributed by atoms with Gasteiger partial charge in [-0.25, -0.2) is 4.98 Å². The second kappa shape index (κ2) is 7.57. The minimum absolute atomic E-state index is 0.215. The van der Waals surface area contributed by atoms with Crippen molar-refractivity contribution in [2.24, 2.45) is 0 Å². The van der Waals surface area contributed by atoms with Crippen molar-refractivity contribution in [3.05, 3.63) is 72.1 Å². The number of carbonyl (C=O) groups excluding carboxylic acids is 1. The quantitative estimate of drug-likeness (QED) is 0.767. The number of benzene rings is 1. The van der Waals surface area contributed by atoms with Crippen molar-refractivity contribution in [3.63, 3.8) is 0 Å². The summed E-state index contributed by atoms with van der Waals surface area (Å²) in [5.41, 5.74) is 3.04. The maximum atomic E-state index is 12.7. The molecule has 1 aromatic carbocycles. The SMILES string of the molecule is CCc1cccnc1NC(=O)c1ccc(OC)c(-c2ccccn2)c1. The number of hydrogen-bond donors (Lipinski definition) is 1. The predicted octanol–water partition coefficient (Wildman–Crippen LogP) is 3.97. The minimum atomic E-state index is -0.215.